The quantitative estimate of drug-likeness (QED) is 0.121. The number of rotatable bonds is 2. The Bertz CT molecular complexity index is 6120. The zero-order valence-electron chi connectivity index (χ0n) is 44.7. The maximum atomic E-state index is 2.73. The van der Waals surface area contributed by atoms with Gasteiger partial charge in [-0.25, -0.2) is 0 Å². The van der Waals surface area contributed by atoms with Crippen LogP contribution in [0.5, 0.6) is 0 Å². The number of para-hydroxylation sites is 4. The molecule has 4 nitrogen and oxygen atoms in total. The van der Waals surface area contributed by atoms with Crippen LogP contribution in [-0.4, -0.2) is 25.0 Å². The Morgan fingerprint density at radius 1 is 0.205 bits per heavy atom. The van der Waals surface area contributed by atoms with Gasteiger partial charge in [0.2, 0.25) is 0 Å². The molecule has 2 aliphatic rings. The number of nitrogens with zero attached hydrogens (tertiary/aromatic N) is 4. The number of benzene rings is 15. The molecule has 83 heavy (non-hydrogen) atoms. The van der Waals surface area contributed by atoms with E-state index in [4.69, 9.17) is 0 Å². The van der Waals surface area contributed by atoms with Gasteiger partial charge in [0, 0.05) is 76.7 Å². The molecule has 0 spiro atoms. The third-order valence-electron chi connectivity index (χ3n) is 19.6. The fourth-order valence-electron chi connectivity index (χ4n) is 16.6. The maximum absolute atomic E-state index is 2.73. The molecule has 6 heterocycles. The van der Waals surface area contributed by atoms with E-state index >= 15 is 0 Å². The SMILES string of the molecule is c1cc2c3c(c1)-n1c4c(c5c6ccccc6c6ccccc6c5cc4c4ccc5c6ccccc6c6ccccc6c5c41)B3c1cc(-n3c4ccccc4c4ccccc43)cc3c4cc(-n5c6ccccc6c6ccccc65)ccc4n-2c13. The fourth-order valence-corrected chi connectivity index (χ4v) is 16.6. The minimum absolute atomic E-state index is 0.151. The van der Waals surface area contributed by atoms with Crippen LogP contribution in [0.1, 0.15) is 0 Å². The molecule has 4 aromatic heterocycles. The first-order valence-corrected chi connectivity index (χ1v) is 29.0. The summed E-state index contributed by atoms with van der Waals surface area (Å²) in [5, 5.41) is 25.5. The second kappa shape index (κ2) is 15.1. The van der Waals surface area contributed by atoms with Crippen molar-refractivity contribution in [3.05, 3.63) is 261 Å². The van der Waals surface area contributed by atoms with E-state index in [9.17, 15) is 0 Å². The van der Waals surface area contributed by atoms with E-state index in [2.05, 4.69) is 279 Å². The molecule has 0 radical (unpaired) electrons. The first-order valence-electron chi connectivity index (χ1n) is 29.0. The molecule has 0 unspecified atom stereocenters. The highest BCUT2D eigenvalue weighted by atomic mass is 15.0. The van der Waals surface area contributed by atoms with E-state index in [1.807, 2.05) is 0 Å². The molecular weight excluding hydrogens is 1000 g/mol. The van der Waals surface area contributed by atoms with Crippen molar-refractivity contribution in [2.45, 2.75) is 0 Å². The van der Waals surface area contributed by atoms with E-state index in [1.54, 1.807) is 0 Å². The molecule has 0 N–H and O–H groups in total. The summed E-state index contributed by atoms with van der Waals surface area (Å²) in [6, 6.07) is 99.3. The lowest BCUT2D eigenvalue weighted by atomic mass is 9.33. The molecule has 19 aromatic rings. The smallest absolute Gasteiger partial charge is 0.253 e. The van der Waals surface area contributed by atoms with Crippen molar-refractivity contribution in [3.63, 3.8) is 0 Å². The van der Waals surface area contributed by atoms with Crippen LogP contribution < -0.4 is 16.4 Å². The van der Waals surface area contributed by atoms with E-state index in [0.29, 0.717) is 0 Å². The zero-order valence-corrected chi connectivity index (χ0v) is 44.7. The molecule has 0 bridgehead atoms. The van der Waals surface area contributed by atoms with Gasteiger partial charge in [0.15, 0.2) is 0 Å². The lowest BCUT2D eigenvalue weighted by Crippen LogP contribution is -2.59. The van der Waals surface area contributed by atoms with Gasteiger partial charge in [-0.2, -0.15) is 0 Å². The highest BCUT2D eigenvalue weighted by molar-refractivity contribution is 7.02. The number of hydrogen-bond donors (Lipinski definition) is 0. The summed E-state index contributed by atoms with van der Waals surface area (Å²) >= 11 is 0. The summed E-state index contributed by atoms with van der Waals surface area (Å²) in [6.07, 6.45) is 0. The molecular formula is C78H43BN4. The summed E-state index contributed by atoms with van der Waals surface area (Å²) < 4.78 is 10.4. The van der Waals surface area contributed by atoms with Crippen LogP contribution in [0.25, 0.3) is 175 Å². The van der Waals surface area contributed by atoms with Crippen LogP contribution in [0.2, 0.25) is 0 Å². The Labute approximate surface area is 474 Å². The molecule has 0 fully saturated rings. The number of fused-ring (bicyclic) bond motifs is 30. The van der Waals surface area contributed by atoms with Crippen LogP contribution in [0.15, 0.2) is 261 Å². The summed E-state index contributed by atoms with van der Waals surface area (Å²) in [5.74, 6) is 0. The average molecular weight is 1050 g/mol. The highest BCUT2D eigenvalue weighted by Gasteiger charge is 2.43. The van der Waals surface area contributed by atoms with Crippen molar-refractivity contribution in [1.82, 2.24) is 18.3 Å². The first-order chi connectivity index (χ1) is 41.2. The van der Waals surface area contributed by atoms with Crippen molar-refractivity contribution in [1.29, 1.82) is 0 Å². The van der Waals surface area contributed by atoms with Crippen molar-refractivity contribution < 1.29 is 0 Å². The van der Waals surface area contributed by atoms with E-state index < -0.39 is 0 Å². The summed E-state index contributed by atoms with van der Waals surface area (Å²) in [5.41, 5.74) is 18.6. The van der Waals surface area contributed by atoms with Crippen LogP contribution in [0.4, 0.5) is 0 Å². The Kier molecular flexibility index (Phi) is 7.83. The second-order valence-corrected chi connectivity index (χ2v) is 23.4. The van der Waals surface area contributed by atoms with E-state index in [1.165, 1.54) is 180 Å². The van der Waals surface area contributed by atoms with Crippen LogP contribution in [-0.2, 0) is 0 Å². The van der Waals surface area contributed by atoms with Crippen LogP contribution >= 0.6 is 0 Å². The van der Waals surface area contributed by atoms with Crippen molar-refractivity contribution in [2.75, 3.05) is 0 Å². The molecule has 21 rings (SSSR count). The Morgan fingerprint density at radius 3 is 1.18 bits per heavy atom. The number of hydrogen-bond acceptors (Lipinski definition) is 0. The molecule has 0 amide bonds. The predicted molar refractivity (Wildman–Crippen MR) is 353 cm³/mol. The van der Waals surface area contributed by atoms with Gasteiger partial charge < -0.3 is 18.3 Å². The van der Waals surface area contributed by atoms with E-state index in [-0.39, 0.29) is 6.71 Å². The largest absolute Gasteiger partial charge is 0.310 e. The van der Waals surface area contributed by atoms with Gasteiger partial charge in [0.05, 0.1) is 38.6 Å². The fraction of sp³-hybridized carbons (Fsp3) is 0. The predicted octanol–water partition coefficient (Wildman–Crippen LogP) is 18.1. The molecule has 15 aromatic carbocycles. The van der Waals surface area contributed by atoms with Crippen LogP contribution in [0, 0.1) is 0 Å². The summed E-state index contributed by atoms with van der Waals surface area (Å²) in [7, 11) is 0. The molecule has 0 aliphatic carbocycles. The van der Waals surface area contributed by atoms with Gasteiger partial charge in [-0.05, 0) is 148 Å². The lowest BCUT2D eigenvalue weighted by molar-refractivity contribution is 1.14. The Hall–Kier alpha value is -10.9. The van der Waals surface area contributed by atoms with Gasteiger partial charge in [-0.15, -0.1) is 0 Å². The Balaban J connectivity index is 0.998. The molecule has 5 heteroatoms. The topological polar surface area (TPSA) is 19.7 Å². The van der Waals surface area contributed by atoms with Crippen molar-refractivity contribution in [3.8, 4) is 22.7 Å². The average Bonchev–Trinajstić information content (AvgIpc) is 1.89. The Morgan fingerprint density at radius 2 is 0.614 bits per heavy atom. The molecule has 0 saturated heterocycles. The molecule has 0 atom stereocenters. The standard InChI is InChI=1S/C78H43BN4/c1-3-22-50-46(18-1)49-21-6-8-29-57(49)73-58(50)37-38-59-63-43-61-51-23-4-2-19-47(51)48-20-5-7-28-56(48)72(61)75-78(63)83(77(59)73)71-35-17-34-70-74(71)79(75)64-42-45(81-67-32-15-11-26-54(67)55-27-12-16-33-68(55)81)41-62-60-40-44(36-39-69(60)82(70)76(62)64)80-65-30-13-9-24-52(65)53-25-10-14-31-66(53)80/h1-43H. The van der Waals surface area contributed by atoms with Gasteiger partial charge in [0.25, 0.3) is 6.71 Å². The minimum atomic E-state index is -0.151. The lowest BCUT2D eigenvalue weighted by Gasteiger charge is -2.35. The molecule has 378 valence electrons. The second-order valence-electron chi connectivity index (χ2n) is 23.4. The van der Waals surface area contributed by atoms with Gasteiger partial charge in [-0.3, -0.25) is 0 Å². The molecule has 0 saturated carbocycles. The van der Waals surface area contributed by atoms with Gasteiger partial charge in [-0.1, -0.05) is 188 Å². The third kappa shape index (κ3) is 5.14. The number of aromatic nitrogens is 4. The molecule has 2 aliphatic heterocycles. The highest BCUT2D eigenvalue weighted by Crippen LogP contribution is 2.49. The maximum Gasteiger partial charge on any atom is 0.253 e. The van der Waals surface area contributed by atoms with Gasteiger partial charge >= 0.3 is 0 Å². The van der Waals surface area contributed by atoms with Crippen LogP contribution in [0.3, 0.4) is 0 Å². The van der Waals surface area contributed by atoms with E-state index in [0.717, 1.165) is 11.4 Å². The zero-order chi connectivity index (χ0) is 53.5. The monoisotopic (exact) mass is 1050 g/mol. The third-order valence-corrected chi connectivity index (χ3v) is 19.6. The normalized spacial score (nSPS) is 13.0. The van der Waals surface area contributed by atoms with Gasteiger partial charge in [0.1, 0.15) is 0 Å². The summed E-state index contributed by atoms with van der Waals surface area (Å²) in [6.45, 7) is -0.151. The van der Waals surface area contributed by atoms with Crippen molar-refractivity contribution >= 4 is 175 Å². The summed E-state index contributed by atoms with van der Waals surface area (Å²) in [4.78, 5) is 0. The first kappa shape index (κ1) is 43.0. The minimum Gasteiger partial charge on any atom is -0.310 e. The van der Waals surface area contributed by atoms with Crippen molar-refractivity contribution in [2.24, 2.45) is 0 Å².